The second-order valence-electron chi connectivity index (χ2n) is 5.96. The molecule has 0 radical (unpaired) electrons. The van der Waals surface area contributed by atoms with Gasteiger partial charge in [-0.25, -0.2) is 0 Å². The van der Waals surface area contributed by atoms with Crippen LogP contribution in [0, 0.1) is 11.8 Å². The van der Waals surface area contributed by atoms with Gasteiger partial charge in [0, 0.05) is 18.4 Å². The molecule has 2 aliphatic heterocycles. The maximum Gasteiger partial charge on any atom is 0.220 e. The largest absolute Gasteiger partial charge is 0.349 e. The van der Waals surface area contributed by atoms with Crippen LogP contribution in [0.1, 0.15) is 32.6 Å². The molecule has 0 aromatic rings. The van der Waals surface area contributed by atoms with Gasteiger partial charge in [-0.3, -0.25) is 4.79 Å². The molecule has 3 heteroatoms. The Morgan fingerprint density at radius 3 is 2.94 bits per heavy atom. The Morgan fingerprint density at radius 2 is 2.17 bits per heavy atom. The summed E-state index contributed by atoms with van der Waals surface area (Å²) in [6, 6.07) is 0.758. The Bertz CT molecular complexity index is 391. The second-order valence-corrected chi connectivity index (χ2v) is 5.96. The van der Waals surface area contributed by atoms with Crippen molar-refractivity contribution in [1.82, 2.24) is 10.6 Å². The number of rotatable bonds is 1. The number of nitrogens with one attached hydrogen (secondary N) is 2. The smallest absolute Gasteiger partial charge is 0.220 e. The molecule has 0 spiro atoms. The lowest BCUT2D eigenvalue weighted by Crippen LogP contribution is -2.45. The Morgan fingerprint density at radius 1 is 1.28 bits per heavy atom. The summed E-state index contributed by atoms with van der Waals surface area (Å²) >= 11 is 0. The van der Waals surface area contributed by atoms with E-state index in [0.29, 0.717) is 18.4 Å². The van der Waals surface area contributed by atoms with E-state index in [0.717, 1.165) is 18.9 Å². The van der Waals surface area contributed by atoms with Gasteiger partial charge in [-0.15, -0.1) is 0 Å². The summed E-state index contributed by atoms with van der Waals surface area (Å²) in [5.74, 6) is 1.50. The van der Waals surface area contributed by atoms with Crippen molar-refractivity contribution in [3.8, 4) is 0 Å². The van der Waals surface area contributed by atoms with Crippen molar-refractivity contribution in [1.29, 1.82) is 0 Å². The maximum atomic E-state index is 11.4. The quantitative estimate of drug-likeness (QED) is 0.740. The normalized spacial score (nSPS) is 39.8. The third-order valence-electron chi connectivity index (χ3n) is 4.46. The number of fused-ring (bicyclic) bond motifs is 1. The topological polar surface area (TPSA) is 41.1 Å². The first-order valence-corrected chi connectivity index (χ1v) is 7.15. The molecule has 0 aromatic carbocycles. The van der Waals surface area contributed by atoms with Gasteiger partial charge in [0.15, 0.2) is 0 Å². The highest BCUT2D eigenvalue weighted by atomic mass is 16.1. The molecule has 98 valence electrons. The van der Waals surface area contributed by atoms with Gasteiger partial charge in [0.25, 0.3) is 0 Å². The SMILES string of the molecule is C[C@H]1CC[C@H](C2=CC3CCC(=O)NC3C=C2)NC1. The first-order valence-electron chi connectivity index (χ1n) is 7.15. The molecule has 2 unspecified atom stereocenters. The van der Waals surface area contributed by atoms with Crippen molar-refractivity contribution in [3.05, 3.63) is 23.8 Å². The van der Waals surface area contributed by atoms with Crippen molar-refractivity contribution in [2.75, 3.05) is 6.54 Å². The monoisotopic (exact) mass is 246 g/mol. The van der Waals surface area contributed by atoms with Gasteiger partial charge in [-0.05, 0) is 37.3 Å². The van der Waals surface area contributed by atoms with Crippen LogP contribution in [-0.4, -0.2) is 24.5 Å². The van der Waals surface area contributed by atoms with Crippen LogP contribution < -0.4 is 10.6 Å². The molecule has 3 aliphatic rings. The lowest BCUT2D eigenvalue weighted by Gasteiger charge is -2.35. The molecule has 1 amide bonds. The van der Waals surface area contributed by atoms with E-state index in [1.54, 1.807) is 0 Å². The minimum Gasteiger partial charge on any atom is -0.349 e. The summed E-state index contributed by atoms with van der Waals surface area (Å²) in [7, 11) is 0. The van der Waals surface area contributed by atoms with E-state index in [1.807, 2.05) is 0 Å². The summed E-state index contributed by atoms with van der Waals surface area (Å²) < 4.78 is 0. The van der Waals surface area contributed by atoms with Crippen LogP contribution >= 0.6 is 0 Å². The number of carbonyl (C=O) groups is 1. The summed E-state index contributed by atoms with van der Waals surface area (Å²) in [5, 5.41) is 6.69. The molecule has 18 heavy (non-hydrogen) atoms. The van der Waals surface area contributed by atoms with Gasteiger partial charge in [-0.2, -0.15) is 0 Å². The third-order valence-corrected chi connectivity index (χ3v) is 4.46. The van der Waals surface area contributed by atoms with Gasteiger partial charge in [0.05, 0.1) is 6.04 Å². The Balaban J connectivity index is 1.68. The number of amides is 1. The molecule has 2 heterocycles. The van der Waals surface area contributed by atoms with Crippen molar-refractivity contribution in [2.45, 2.75) is 44.7 Å². The zero-order valence-corrected chi connectivity index (χ0v) is 11.0. The van der Waals surface area contributed by atoms with Crippen molar-refractivity contribution < 1.29 is 4.79 Å². The molecule has 2 saturated heterocycles. The Hall–Kier alpha value is -1.09. The molecule has 0 aromatic heterocycles. The fourth-order valence-corrected chi connectivity index (χ4v) is 3.25. The van der Waals surface area contributed by atoms with Crippen LogP contribution in [0.15, 0.2) is 23.8 Å². The highest BCUT2D eigenvalue weighted by Gasteiger charge is 2.29. The minimum absolute atomic E-state index is 0.197. The summed E-state index contributed by atoms with van der Waals surface area (Å²) in [4.78, 5) is 11.4. The fraction of sp³-hybridized carbons (Fsp3) is 0.667. The van der Waals surface area contributed by atoms with Crippen LogP contribution in [0.25, 0.3) is 0 Å². The lowest BCUT2D eigenvalue weighted by atomic mass is 9.81. The summed E-state index contributed by atoms with van der Waals surface area (Å²) in [6.07, 6.45) is 11.0. The lowest BCUT2D eigenvalue weighted by molar-refractivity contribution is -0.123. The standard InChI is InChI=1S/C15H22N2O/c1-10-2-5-13(16-9-10)11-3-6-14-12(8-11)4-7-15(18)17-14/h3,6,8,10,12-14,16H,2,4-5,7,9H2,1H3,(H,17,18)/t10-,12?,13+,14?/m0/s1. The van der Waals surface area contributed by atoms with Crippen LogP contribution in [0.4, 0.5) is 0 Å². The minimum atomic E-state index is 0.197. The fourth-order valence-electron chi connectivity index (χ4n) is 3.25. The van der Waals surface area contributed by atoms with E-state index in [9.17, 15) is 4.79 Å². The maximum absolute atomic E-state index is 11.4. The van der Waals surface area contributed by atoms with Crippen LogP contribution in [0.3, 0.4) is 0 Å². The van der Waals surface area contributed by atoms with Crippen LogP contribution in [0.2, 0.25) is 0 Å². The van der Waals surface area contributed by atoms with E-state index in [1.165, 1.54) is 18.4 Å². The molecular formula is C15H22N2O. The van der Waals surface area contributed by atoms with Gasteiger partial charge in [-0.1, -0.05) is 25.2 Å². The van der Waals surface area contributed by atoms with Gasteiger partial charge in [0.2, 0.25) is 5.91 Å². The van der Waals surface area contributed by atoms with Crippen LogP contribution in [-0.2, 0) is 4.79 Å². The first-order chi connectivity index (χ1) is 8.72. The Labute approximate surface area is 109 Å². The van der Waals surface area contributed by atoms with Gasteiger partial charge < -0.3 is 10.6 Å². The molecule has 0 bridgehead atoms. The van der Waals surface area contributed by atoms with E-state index in [4.69, 9.17) is 0 Å². The van der Waals surface area contributed by atoms with Crippen molar-refractivity contribution in [3.63, 3.8) is 0 Å². The zero-order chi connectivity index (χ0) is 12.5. The Kier molecular flexibility index (Phi) is 3.25. The third kappa shape index (κ3) is 2.37. The molecule has 4 atom stereocenters. The number of piperidine rings is 2. The van der Waals surface area contributed by atoms with Crippen LogP contribution in [0.5, 0.6) is 0 Å². The van der Waals surface area contributed by atoms with E-state index < -0.39 is 0 Å². The average Bonchev–Trinajstić information content (AvgIpc) is 2.39. The number of hydrogen-bond acceptors (Lipinski definition) is 2. The van der Waals surface area contributed by atoms with E-state index in [2.05, 4.69) is 35.8 Å². The molecule has 2 N–H and O–H groups in total. The summed E-state index contributed by atoms with van der Waals surface area (Å²) in [5.41, 5.74) is 1.43. The van der Waals surface area contributed by atoms with E-state index >= 15 is 0 Å². The predicted octanol–water partition coefficient (Wildman–Crippen LogP) is 1.77. The second kappa shape index (κ2) is 4.88. The molecule has 1 aliphatic carbocycles. The number of carbonyl (C=O) groups excluding carboxylic acids is 1. The molecule has 3 rings (SSSR count). The average molecular weight is 246 g/mol. The highest BCUT2D eigenvalue weighted by Crippen LogP contribution is 2.29. The molecular weight excluding hydrogens is 224 g/mol. The van der Waals surface area contributed by atoms with Crippen molar-refractivity contribution >= 4 is 5.91 Å². The predicted molar refractivity (Wildman–Crippen MR) is 72.1 cm³/mol. The molecule has 0 saturated carbocycles. The highest BCUT2D eigenvalue weighted by molar-refractivity contribution is 5.77. The van der Waals surface area contributed by atoms with Gasteiger partial charge in [0.1, 0.15) is 0 Å². The zero-order valence-electron chi connectivity index (χ0n) is 11.0. The van der Waals surface area contributed by atoms with Crippen molar-refractivity contribution in [2.24, 2.45) is 11.8 Å². The van der Waals surface area contributed by atoms with Gasteiger partial charge >= 0.3 is 0 Å². The first kappa shape index (κ1) is 12.0. The number of hydrogen-bond donors (Lipinski definition) is 2. The molecule has 2 fully saturated rings. The van der Waals surface area contributed by atoms with E-state index in [-0.39, 0.29) is 11.9 Å². The molecule has 3 nitrogen and oxygen atoms in total. The summed E-state index contributed by atoms with van der Waals surface area (Å²) in [6.45, 7) is 3.43.